The van der Waals surface area contributed by atoms with E-state index < -0.39 is 0 Å². The maximum atomic E-state index is 13.7. The van der Waals surface area contributed by atoms with Crippen LogP contribution in [0.15, 0.2) is 30.6 Å². The van der Waals surface area contributed by atoms with Crippen molar-refractivity contribution in [2.24, 2.45) is 0 Å². The lowest BCUT2D eigenvalue weighted by atomic mass is 10.1. The van der Waals surface area contributed by atoms with Gasteiger partial charge in [-0.3, -0.25) is 4.40 Å². The van der Waals surface area contributed by atoms with E-state index in [1.807, 2.05) is 6.07 Å². The molecule has 1 atom stereocenters. The quantitative estimate of drug-likeness (QED) is 0.537. The molecule has 3 aromatic heterocycles. The zero-order chi connectivity index (χ0) is 19.3. The molecule has 0 unspecified atom stereocenters. The van der Waals surface area contributed by atoms with Gasteiger partial charge >= 0.3 is 0 Å². The Bertz CT molecular complexity index is 939. The maximum absolute atomic E-state index is 13.7. The number of imidazole rings is 1. The average molecular weight is 385 g/mol. The number of hydrogen-bond donors (Lipinski definition) is 3. The Morgan fingerprint density at radius 3 is 3.04 bits per heavy atom. The van der Waals surface area contributed by atoms with Gasteiger partial charge in [0.1, 0.15) is 28.8 Å². The molecular weight excluding hydrogens is 361 g/mol. The second-order valence-electron chi connectivity index (χ2n) is 6.79. The lowest BCUT2D eigenvalue weighted by molar-refractivity contribution is 0.210. The second-order valence-corrected chi connectivity index (χ2v) is 6.79. The summed E-state index contributed by atoms with van der Waals surface area (Å²) in [7, 11) is 1.66. The normalized spacial score (nSPS) is 17.0. The van der Waals surface area contributed by atoms with Gasteiger partial charge < -0.3 is 20.7 Å². The molecule has 0 spiro atoms. The van der Waals surface area contributed by atoms with Crippen molar-refractivity contribution in [1.29, 1.82) is 0 Å². The lowest BCUT2D eigenvalue weighted by Gasteiger charge is -2.24. The summed E-state index contributed by atoms with van der Waals surface area (Å²) in [6.45, 7) is 3.13. The van der Waals surface area contributed by atoms with Gasteiger partial charge in [-0.1, -0.05) is 0 Å². The van der Waals surface area contributed by atoms with Gasteiger partial charge in [0, 0.05) is 38.5 Å². The van der Waals surface area contributed by atoms with Crippen LogP contribution in [0.4, 0.5) is 16.0 Å². The molecule has 0 amide bonds. The third-order valence-corrected chi connectivity index (χ3v) is 4.69. The maximum Gasteiger partial charge on any atom is 0.182 e. The average Bonchev–Trinajstić information content (AvgIpc) is 3.12. The number of ether oxygens (including phenoxy) is 1. The van der Waals surface area contributed by atoms with E-state index in [0.29, 0.717) is 42.2 Å². The number of anilines is 2. The minimum atomic E-state index is -0.340. The Kier molecular flexibility index (Phi) is 5.63. The summed E-state index contributed by atoms with van der Waals surface area (Å²) in [6, 6.07) is 5.21. The van der Waals surface area contributed by atoms with Crippen molar-refractivity contribution in [3.63, 3.8) is 0 Å². The Hall–Kier alpha value is -2.78. The predicted octanol–water partition coefficient (Wildman–Crippen LogP) is 2.15. The number of nitrogens with one attached hydrogen (secondary N) is 3. The van der Waals surface area contributed by atoms with Crippen LogP contribution in [0, 0.1) is 5.82 Å². The van der Waals surface area contributed by atoms with Crippen molar-refractivity contribution < 1.29 is 9.13 Å². The number of rotatable bonds is 7. The fourth-order valence-electron chi connectivity index (χ4n) is 3.31. The summed E-state index contributed by atoms with van der Waals surface area (Å²) in [4.78, 5) is 13.6. The molecule has 28 heavy (non-hydrogen) atoms. The molecule has 0 bridgehead atoms. The first kappa shape index (κ1) is 18.6. The van der Waals surface area contributed by atoms with Gasteiger partial charge in [0.25, 0.3) is 0 Å². The molecule has 1 aliphatic rings. The molecule has 1 saturated heterocycles. The van der Waals surface area contributed by atoms with Gasteiger partial charge in [-0.2, -0.15) is 0 Å². The highest BCUT2D eigenvalue weighted by Gasteiger charge is 2.16. The molecule has 0 radical (unpaired) electrons. The summed E-state index contributed by atoms with van der Waals surface area (Å²) in [5.74, 6) is 1.55. The Labute approximate surface area is 162 Å². The number of fused-ring (bicyclic) bond motifs is 1. The third-order valence-electron chi connectivity index (χ3n) is 4.69. The van der Waals surface area contributed by atoms with Crippen molar-refractivity contribution in [1.82, 2.24) is 24.7 Å². The molecular formula is C19H24FN7O. The van der Waals surface area contributed by atoms with E-state index in [1.165, 1.54) is 12.3 Å². The van der Waals surface area contributed by atoms with Gasteiger partial charge in [0.05, 0.1) is 12.8 Å². The molecule has 9 heteroatoms. The molecule has 0 aliphatic carbocycles. The molecule has 1 aliphatic heterocycles. The van der Waals surface area contributed by atoms with Crippen LogP contribution < -0.4 is 16.0 Å². The number of aromatic nitrogens is 4. The van der Waals surface area contributed by atoms with E-state index in [9.17, 15) is 4.39 Å². The van der Waals surface area contributed by atoms with E-state index in [0.717, 1.165) is 31.7 Å². The fraction of sp³-hybridized carbons (Fsp3) is 0.421. The highest BCUT2D eigenvalue weighted by molar-refractivity contribution is 5.62. The van der Waals surface area contributed by atoms with Crippen LogP contribution in [-0.4, -0.2) is 58.7 Å². The minimum Gasteiger partial charge on any atom is -0.383 e. The molecule has 4 heterocycles. The van der Waals surface area contributed by atoms with Crippen molar-refractivity contribution in [3.05, 3.63) is 36.4 Å². The van der Waals surface area contributed by atoms with Crippen LogP contribution in [0.5, 0.6) is 0 Å². The molecule has 4 rings (SSSR count). The summed E-state index contributed by atoms with van der Waals surface area (Å²) in [5, 5.41) is 10.1. The summed E-state index contributed by atoms with van der Waals surface area (Å²) >= 11 is 0. The first-order valence-electron chi connectivity index (χ1n) is 9.45. The van der Waals surface area contributed by atoms with Crippen LogP contribution >= 0.6 is 0 Å². The number of hydrogen-bond acceptors (Lipinski definition) is 7. The van der Waals surface area contributed by atoms with Crippen molar-refractivity contribution >= 4 is 17.3 Å². The Morgan fingerprint density at radius 1 is 1.32 bits per heavy atom. The highest BCUT2D eigenvalue weighted by Crippen LogP contribution is 2.23. The molecule has 8 nitrogen and oxygen atoms in total. The largest absolute Gasteiger partial charge is 0.383 e. The molecule has 3 N–H and O–H groups in total. The molecule has 148 valence electrons. The molecule has 0 saturated carbocycles. The van der Waals surface area contributed by atoms with Crippen LogP contribution in [0.1, 0.15) is 12.8 Å². The van der Waals surface area contributed by atoms with E-state index in [-0.39, 0.29) is 5.82 Å². The number of halogens is 1. The Balaban J connectivity index is 1.68. The predicted molar refractivity (Wildman–Crippen MR) is 106 cm³/mol. The minimum absolute atomic E-state index is 0.308. The number of piperidine rings is 1. The number of nitrogens with zero attached hydrogens (tertiary/aromatic N) is 4. The van der Waals surface area contributed by atoms with Gasteiger partial charge in [-0.25, -0.2) is 19.3 Å². The van der Waals surface area contributed by atoms with E-state index in [1.54, 1.807) is 23.8 Å². The smallest absolute Gasteiger partial charge is 0.182 e. The lowest BCUT2D eigenvalue weighted by Crippen LogP contribution is -2.38. The van der Waals surface area contributed by atoms with Crippen LogP contribution in [0.25, 0.3) is 17.2 Å². The van der Waals surface area contributed by atoms with Crippen LogP contribution in [0.3, 0.4) is 0 Å². The van der Waals surface area contributed by atoms with Crippen molar-refractivity contribution in [2.75, 3.05) is 44.0 Å². The molecule has 0 aromatic carbocycles. The third kappa shape index (κ3) is 4.20. The summed E-state index contributed by atoms with van der Waals surface area (Å²) in [6.07, 6.45) is 5.26. The molecule has 1 fully saturated rings. The second kappa shape index (κ2) is 8.49. The van der Waals surface area contributed by atoms with Gasteiger partial charge in [0.2, 0.25) is 0 Å². The van der Waals surface area contributed by atoms with E-state index in [4.69, 9.17) is 4.74 Å². The Morgan fingerprint density at radius 2 is 2.21 bits per heavy atom. The summed E-state index contributed by atoms with van der Waals surface area (Å²) < 4.78 is 20.5. The van der Waals surface area contributed by atoms with E-state index in [2.05, 4.69) is 30.9 Å². The topological polar surface area (TPSA) is 88.4 Å². The SMILES string of the molecule is COCCNc1cc(N[C@@H]2CCCNC2)nc(-c2cnc3ccc(F)cn23)n1. The number of pyridine rings is 1. The van der Waals surface area contributed by atoms with Crippen molar-refractivity contribution in [3.8, 4) is 11.5 Å². The summed E-state index contributed by atoms with van der Waals surface area (Å²) in [5.41, 5.74) is 1.28. The number of methoxy groups -OCH3 is 1. The standard InChI is InChI=1S/C19H24FN7O/c1-28-8-7-22-16-9-17(24-14-3-2-6-21-10-14)26-19(25-16)15-11-23-18-5-4-13(20)12-27(15)18/h4-5,9,11-12,14,21H,2-3,6-8,10H2,1H3,(H2,22,24,25,26)/t14-/m1/s1. The monoisotopic (exact) mass is 385 g/mol. The fourth-order valence-corrected chi connectivity index (χ4v) is 3.31. The first-order chi connectivity index (χ1) is 13.7. The zero-order valence-corrected chi connectivity index (χ0v) is 15.8. The van der Waals surface area contributed by atoms with Crippen molar-refractivity contribution in [2.45, 2.75) is 18.9 Å². The van der Waals surface area contributed by atoms with Gasteiger partial charge in [0.15, 0.2) is 5.82 Å². The van der Waals surface area contributed by atoms with Crippen LogP contribution in [-0.2, 0) is 4.74 Å². The van der Waals surface area contributed by atoms with E-state index >= 15 is 0 Å². The zero-order valence-electron chi connectivity index (χ0n) is 15.8. The van der Waals surface area contributed by atoms with Gasteiger partial charge in [-0.15, -0.1) is 0 Å². The van der Waals surface area contributed by atoms with Gasteiger partial charge in [-0.05, 0) is 31.5 Å². The molecule has 3 aromatic rings. The van der Waals surface area contributed by atoms with Crippen LogP contribution in [0.2, 0.25) is 0 Å². The first-order valence-corrected chi connectivity index (χ1v) is 9.45. The highest BCUT2D eigenvalue weighted by atomic mass is 19.1.